The van der Waals surface area contributed by atoms with Crippen LogP contribution in [0.2, 0.25) is 0 Å². The number of carbonyl (C=O) groups excluding carboxylic acids is 2. The zero-order chi connectivity index (χ0) is 26.3. The van der Waals surface area contributed by atoms with Crippen molar-refractivity contribution in [2.45, 2.75) is 117 Å². The van der Waals surface area contributed by atoms with E-state index in [1.165, 1.54) is 103 Å². The van der Waals surface area contributed by atoms with Crippen LogP contribution in [0, 0.1) is 5.41 Å². The van der Waals surface area contributed by atoms with Crippen molar-refractivity contribution < 1.29 is 19.1 Å². The molecular weight excluding hydrogens is 452 g/mol. The predicted molar refractivity (Wildman–Crippen MR) is 149 cm³/mol. The van der Waals surface area contributed by atoms with Crippen LogP contribution in [0.25, 0.3) is 0 Å². The molecule has 0 amide bonds. The van der Waals surface area contributed by atoms with E-state index in [2.05, 4.69) is 36.1 Å². The van der Waals surface area contributed by atoms with Gasteiger partial charge in [-0.05, 0) is 83.3 Å². The molecule has 0 spiro atoms. The van der Waals surface area contributed by atoms with Crippen LogP contribution in [0.1, 0.15) is 117 Å². The number of unbranched alkanes of at least 4 members (excludes halogenated alkanes) is 9. The number of esters is 1. The Morgan fingerprint density at radius 1 is 0.806 bits per heavy atom. The van der Waals surface area contributed by atoms with Crippen molar-refractivity contribution in [2.24, 2.45) is 5.41 Å². The quantitative estimate of drug-likeness (QED) is 0.0537. The number of ether oxygens (including phenoxy) is 2. The minimum atomic E-state index is -0.842. The van der Waals surface area contributed by atoms with E-state index in [9.17, 15) is 9.59 Å². The number of allylic oxidation sites excluding steroid dienone is 2. The van der Waals surface area contributed by atoms with Crippen molar-refractivity contribution in [3.05, 3.63) is 11.1 Å². The van der Waals surface area contributed by atoms with Crippen LogP contribution in [0.3, 0.4) is 0 Å². The van der Waals surface area contributed by atoms with E-state index in [-0.39, 0.29) is 12.9 Å². The molecule has 2 N–H and O–H groups in total. The third kappa shape index (κ3) is 17.3. The van der Waals surface area contributed by atoms with Gasteiger partial charge in [0.1, 0.15) is 6.61 Å². The lowest BCUT2D eigenvalue weighted by atomic mass is 9.71. The van der Waals surface area contributed by atoms with E-state index < -0.39 is 5.97 Å². The van der Waals surface area contributed by atoms with E-state index in [0.717, 1.165) is 19.6 Å². The third-order valence-corrected chi connectivity index (χ3v) is 7.41. The smallest absolute Gasteiger partial charge is 0.371 e. The molecule has 0 aromatic heterocycles. The van der Waals surface area contributed by atoms with Gasteiger partial charge < -0.3 is 20.1 Å². The van der Waals surface area contributed by atoms with Crippen LogP contribution in [0.15, 0.2) is 11.1 Å². The fourth-order valence-corrected chi connectivity index (χ4v) is 5.25. The third-order valence-electron chi connectivity index (χ3n) is 7.41. The van der Waals surface area contributed by atoms with Crippen LogP contribution >= 0.6 is 0 Å². The summed E-state index contributed by atoms with van der Waals surface area (Å²) < 4.78 is 9.92. The first-order chi connectivity index (χ1) is 17.5. The Labute approximate surface area is 221 Å². The molecule has 0 aromatic rings. The van der Waals surface area contributed by atoms with Gasteiger partial charge in [0, 0.05) is 6.54 Å². The molecule has 0 aromatic carbocycles. The average molecular weight is 509 g/mol. The van der Waals surface area contributed by atoms with Crippen molar-refractivity contribution in [2.75, 3.05) is 46.0 Å². The molecule has 0 saturated carbocycles. The van der Waals surface area contributed by atoms with Gasteiger partial charge in [0.05, 0.1) is 13.2 Å². The van der Waals surface area contributed by atoms with Crippen LogP contribution in [0.4, 0.5) is 0 Å². The molecule has 210 valence electrons. The normalized spacial score (nSPS) is 15.3. The number of hydrogen-bond donors (Lipinski definition) is 2. The molecule has 0 heterocycles. The van der Waals surface area contributed by atoms with Crippen molar-refractivity contribution in [1.82, 2.24) is 10.6 Å². The molecule has 0 radical (unpaired) electrons. The lowest BCUT2D eigenvalue weighted by molar-refractivity contribution is -0.149. The van der Waals surface area contributed by atoms with Crippen LogP contribution in [0.5, 0.6) is 0 Å². The van der Waals surface area contributed by atoms with Gasteiger partial charge in [-0.25, -0.2) is 4.79 Å². The van der Waals surface area contributed by atoms with E-state index in [1.54, 1.807) is 11.1 Å². The van der Waals surface area contributed by atoms with Gasteiger partial charge in [0.15, 0.2) is 0 Å². The summed E-state index contributed by atoms with van der Waals surface area (Å²) in [6.45, 7) is 12.4. The van der Waals surface area contributed by atoms with Gasteiger partial charge >= 0.3 is 5.97 Å². The standard InChI is InChI=1S/C30H56N2O4/c1-27-16-15-18-30(2,3)28(27)17-11-7-5-4-6-8-12-19-31-20-13-9-10-14-21-32-22-23-35-24-25-36-29(34)26-33/h26,31-32H,4-25H2,1-3H3. The van der Waals surface area contributed by atoms with Gasteiger partial charge in [0.25, 0.3) is 0 Å². The van der Waals surface area contributed by atoms with Gasteiger partial charge in [-0.1, -0.05) is 69.9 Å². The van der Waals surface area contributed by atoms with Crippen molar-refractivity contribution in [3.63, 3.8) is 0 Å². The number of hydrogen-bond acceptors (Lipinski definition) is 6. The van der Waals surface area contributed by atoms with Crippen LogP contribution in [-0.4, -0.2) is 58.3 Å². The lowest BCUT2D eigenvalue weighted by Gasteiger charge is -2.34. The van der Waals surface area contributed by atoms with Gasteiger partial charge in [-0.3, -0.25) is 4.79 Å². The number of carbonyl (C=O) groups is 2. The van der Waals surface area contributed by atoms with E-state index in [4.69, 9.17) is 4.74 Å². The summed E-state index contributed by atoms with van der Waals surface area (Å²) in [6.07, 6.45) is 20.2. The fourth-order valence-electron chi connectivity index (χ4n) is 5.25. The first-order valence-corrected chi connectivity index (χ1v) is 14.8. The SMILES string of the molecule is CC1=C(CCCCCCCCCNCCCCCCNCCOCCOC(=O)C=O)C(C)(C)CCC1. The summed E-state index contributed by atoms with van der Waals surface area (Å²) >= 11 is 0. The molecule has 1 aliphatic rings. The second-order valence-corrected chi connectivity index (χ2v) is 11.0. The molecule has 0 atom stereocenters. The minimum absolute atomic E-state index is 0.128. The highest BCUT2D eigenvalue weighted by molar-refractivity contribution is 6.20. The molecule has 6 heteroatoms. The maximum Gasteiger partial charge on any atom is 0.371 e. The van der Waals surface area contributed by atoms with E-state index in [1.807, 2.05) is 0 Å². The molecule has 36 heavy (non-hydrogen) atoms. The van der Waals surface area contributed by atoms with Gasteiger partial charge in [-0.15, -0.1) is 0 Å². The Kier molecular flexibility index (Phi) is 19.9. The highest BCUT2D eigenvalue weighted by atomic mass is 16.6. The first-order valence-electron chi connectivity index (χ1n) is 14.8. The second kappa shape index (κ2) is 21.8. The Morgan fingerprint density at radius 2 is 1.36 bits per heavy atom. The molecule has 0 unspecified atom stereocenters. The second-order valence-electron chi connectivity index (χ2n) is 11.0. The molecule has 1 rings (SSSR count). The molecule has 6 nitrogen and oxygen atoms in total. The summed E-state index contributed by atoms with van der Waals surface area (Å²) in [5, 5.41) is 6.96. The number of nitrogens with one attached hydrogen (secondary N) is 2. The summed E-state index contributed by atoms with van der Waals surface area (Å²) in [7, 11) is 0. The zero-order valence-corrected chi connectivity index (χ0v) is 23.8. The summed E-state index contributed by atoms with van der Waals surface area (Å²) in [5.74, 6) is -0.842. The van der Waals surface area contributed by atoms with E-state index >= 15 is 0 Å². The molecule has 0 saturated heterocycles. The van der Waals surface area contributed by atoms with Crippen molar-refractivity contribution >= 4 is 12.3 Å². The Morgan fingerprint density at radius 3 is 1.94 bits per heavy atom. The van der Waals surface area contributed by atoms with Crippen LogP contribution < -0.4 is 10.6 Å². The first kappa shape index (κ1) is 32.8. The highest BCUT2D eigenvalue weighted by Gasteiger charge is 2.27. The largest absolute Gasteiger partial charge is 0.458 e. The average Bonchev–Trinajstić information content (AvgIpc) is 2.85. The molecule has 1 aliphatic carbocycles. The lowest BCUT2D eigenvalue weighted by Crippen LogP contribution is -2.22. The summed E-state index contributed by atoms with van der Waals surface area (Å²) in [5.41, 5.74) is 3.91. The fraction of sp³-hybridized carbons (Fsp3) is 0.867. The molecule has 0 aliphatic heterocycles. The Hall–Kier alpha value is -1.24. The number of rotatable bonds is 24. The van der Waals surface area contributed by atoms with Gasteiger partial charge in [0.2, 0.25) is 6.29 Å². The summed E-state index contributed by atoms with van der Waals surface area (Å²) in [4.78, 5) is 20.7. The molecular formula is C30H56N2O4. The highest BCUT2D eigenvalue weighted by Crippen LogP contribution is 2.42. The molecule has 0 fully saturated rings. The number of aldehydes is 1. The zero-order valence-electron chi connectivity index (χ0n) is 23.8. The van der Waals surface area contributed by atoms with Gasteiger partial charge in [-0.2, -0.15) is 0 Å². The monoisotopic (exact) mass is 508 g/mol. The van der Waals surface area contributed by atoms with Crippen molar-refractivity contribution in [3.8, 4) is 0 Å². The van der Waals surface area contributed by atoms with Crippen LogP contribution in [-0.2, 0) is 19.1 Å². The minimum Gasteiger partial charge on any atom is -0.458 e. The molecule has 0 bridgehead atoms. The Balaban J connectivity index is 1.74. The topological polar surface area (TPSA) is 76.7 Å². The maximum absolute atomic E-state index is 10.6. The van der Waals surface area contributed by atoms with Crippen molar-refractivity contribution in [1.29, 1.82) is 0 Å². The van der Waals surface area contributed by atoms with E-state index in [0.29, 0.717) is 18.6 Å². The predicted octanol–water partition coefficient (Wildman–Crippen LogP) is 6.13. The maximum atomic E-state index is 10.6. The Bertz CT molecular complexity index is 604. The summed E-state index contributed by atoms with van der Waals surface area (Å²) in [6, 6.07) is 0.